The molecule has 1 N–H and O–H groups in total. The van der Waals surface area contributed by atoms with E-state index >= 15 is 0 Å². The molecule has 3 nitrogen and oxygen atoms in total. The fraction of sp³-hybridized carbons (Fsp3) is 1.00. The van der Waals surface area contributed by atoms with Gasteiger partial charge in [-0.1, -0.05) is 6.92 Å². The minimum Gasteiger partial charge on any atom is -0.385 e. The van der Waals surface area contributed by atoms with Crippen molar-refractivity contribution in [1.29, 1.82) is 0 Å². The zero-order chi connectivity index (χ0) is 10.2. The van der Waals surface area contributed by atoms with E-state index in [4.69, 9.17) is 9.47 Å². The molecule has 0 aromatic rings. The second-order valence-electron chi connectivity index (χ2n) is 4.14. The standard InChI is InChI=1S/C11H23NO2/c1-10-8-11(10)9-12-4-7-14-6-3-5-13-2/h10-12H,3-9H2,1-2H3. The number of nitrogens with one attached hydrogen (secondary N) is 1. The molecule has 1 saturated carbocycles. The monoisotopic (exact) mass is 201 g/mol. The van der Waals surface area contributed by atoms with Crippen molar-refractivity contribution in [2.24, 2.45) is 11.8 Å². The molecule has 0 aromatic carbocycles. The van der Waals surface area contributed by atoms with Crippen molar-refractivity contribution in [2.75, 3.05) is 40.0 Å². The Bertz CT molecular complexity index is 141. The van der Waals surface area contributed by atoms with Crippen LogP contribution in [0.25, 0.3) is 0 Å². The summed E-state index contributed by atoms with van der Waals surface area (Å²) in [7, 11) is 1.72. The molecule has 0 amide bonds. The number of ether oxygens (including phenoxy) is 2. The largest absolute Gasteiger partial charge is 0.385 e. The molecule has 0 saturated heterocycles. The summed E-state index contributed by atoms with van der Waals surface area (Å²) in [6, 6.07) is 0. The number of hydrogen-bond donors (Lipinski definition) is 1. The van der Waals surface area contributed by atoms with Gasteiger partial charge in [0.2, 0.25) is 0 Å². The Morgan fingerprint density at radius 1 is 1.29 bits per heavy atom. The quantitative estimate of drug-likeness (QED) is 0.570. The lowest BCUT2D eigenvalue weighted by atomic mass is 10.3. The van der Waals surface area contributed by atoms with Crippen LogP contribution in [0.5, 0.6) is 0 Å². The Morgan fingerprint density at radius 2 is 2.07 bits per heavy atom. The molecular formula is C11H23NO2. The van der Waals surface area contributed by atoms with Crippen LogP contribution in [0.2, 0.25) is 0 Å². The molecule has 0 bridgehead atoms. The fourth-order valence-corrected chi connectivity index (χ4v) is 1.52. The highest BCUT2D eigenvalue weighted by atomic mass is 16.5. The molecule has 0 aliphatic heterocycles. The molecule has 1 fully saturated rings. The first-order chi connectivity index (χ1) is 6.84. The first kappa shape index (κ1) is 12.0. The summed E-state index contributed by atoms with van der Waals surface area (Å²) in [5, 5.41) is 3.41. The predicted octanol–water partition coefficient (Wildman–Crippen LogP) is 1.29. The average Bonchev–Trinajstić information content (AvgIpc) is 2.87. The molecule has 2 atom stereocenters. The zero-order valence-electron chi connectivity index (χ0n) is 9.42. The van der Waals surface area contributed by atoms with E-state index < -0.39 is 0 Å². The van der Waals surface area contributed by atoms with Gasteiger partial charge in [-0.2, -0.15) is 0 Å². The van der Waals surface area contributed by atoms with Gasteiger partial charge in [-0.3, -0.25) is 0 Å². The maximum atomic E-state index is 5.42. The van der Waals surface area contributed by atoms with Crippen LogP contribution < -0.4 is 5.32 Å². The molecular weight excluding hydrogens is 178 g/mol. The molecule has 0 aromatic heterocycles. The van der Waals surface area contributed by atoms with Crippen molar-refractivity contribution in [1.82, 2.24) is 5.32 Å². The van der Waals surface area contributed by atoms with Crippen molar-refractivity contribution in [3.63, 3.8) is 0 Å². The summed E-state index contributed by atoms with van der Waals surface area (Å²) in [5.41, 5.74) is 0. The van der Waals surface area contributed by atoms with Gasteiger partial charge in [0.1, 0.15) is 0 Å². The highest BCUT2D eigenvalue weighted by molar-refractivity contribution is 4.83. The lowest BCUT2D eigenvalue weighted by Crippen LogP contribution is -2.22. The minimum atomic E-state index is 0.799. The number of hydrogen-bond acceptors (Lipinski definition) is 3. The molecule has 84 valence electrons. The van der Waals surface area contributed by atoms with Crippen molar-refractivity contribution in [3.8, 4) is 0 Å². The van der Waals surface area contributed by atoms with E-state index in [0.29, 0.717) is 0 Å². The molecule has 3 heteroatoms. The van der Waals surface area contributed by atoms with Crippen molar-refractivity contribution in [3.05, 3.63) is 0 Å². The summed E-state index contributed by atoms with van der Waals surface area (Å²) >= 11 is 0. The van der Waals surface area contributed by atoms with Crippen LogP contribution >= 0.6 is 0 Å². The van der Waals surface area contributed by atoms with E-state index in [2.05, 4.69) is 12.2 Å². The smallest absolute Gasteiger partial charge is 0.0590 e. The Hall–Kier alpha value is -0.120. The topological polar surface area (TPSA) is 30.5 Å². The lowest BCUT2D eigenvalue weighted by Gasteiger charge is -2.05. The maximum Gasteiger partial charge on any atom is 0.0590 e. The Kier molecular flexibility index (Phi) is 6.15. The Morgan fingerprint density at radius 3 is 2.71 bits per heavy atom. The molecule has 14 heavy (non-hydrogen) atoms. The van der Waals surface area contributed by atoms with Crippen molar-refractivity contribution in [2.45, 2.75) is 19.8 Å². The SMILES string of the molecule is COCCCOCCNCC1CC1C. The van der Waals surface area contributed by atoms with Gasteiger partial charge >= 0.3 is 0 Å². The van der Waals surface area contributed by atoms with Gasteiger partial charge in [-0.25, -0.2) is 0 Å². The van der Waals surface area contributed by atoms with Gasteiger partial charge < -0.3 is 14.8 Å². The predicted molar refractivity (Wildman–Crippen MR) is 57.5 cm³/mol. The third-order valence-electron chi connectivity index (χ3n) is 2.74. The molecule has 0 radical (unpaired) electrons. The molecule has 2 unspecified atom stereocenters. The summed E-state index contributed by atoms with van der Waals surface area (Å²) in [4.78, 5) is 0. The molecule has 0 heterocycles. The molecule has 1 aliphatic rings. The van der Waals surface area contributed by atoms with Crippen LogP contribution in [-0.2, 0) is 9.47 Å². The second kappa shape index (κ2) is 7.21. The number of rotatable bonds is 9. The first-order valence-corrected chi connectivity index (χ1v) is 5.62. The first-order valence-electron chi connectivity index (χ1n) is 5.62. The number of methoxy groups -OCH3 is 1. The van der Waals surface area contributed by atoms with Crippen molar-refractivity contribution < 1.29 is 9.47 Å². The Labute approximate surface area is 87.2 Å². The van der Waals surface area contributed by atoms with Crippen LogP contribution in [0.3, 0.4) is 0 Å². The van der Waals surface area contributed by atoms with Gasteiger partial charge in [0.25, 0.3) is 0 Å². The van der Waals surface area contributed by atoms with Gasteiger partial charge in [-0.05, 0) is 31.2 Å². The summed E-state index contributed by atoms with van der Waals surface area (Å²) in [5.74, 6) is 1.88. The maximum absolute atomic E-state index is 5.42. The third kappa shape index (κ3) is 5.58. The van der Waals surface area contributed by atoms with Crippen LogP contribution in [-0.4, -0.2) is 40.0 Å². The van der Waals surface area contributed by atoms with Crippen LogP contribution in [0.4, 0.5) is 0 Å². The average molecular weight is 201 g/mol. The highest BCUT2D eigenvalue weighted by Crippen LogP contribution is 2.36. The summed E-state index contributed by atoms with van der Waals surface area (Å²) < 4.78 is 10.3. The van der Waals surface area contributed by atoms with Crippen LogP contribution in [0, 0.1) is 11.8 Å². The fourth-order valence-electron chi connectivity index (χ4n) is 1.52. The lowest BCUT2D eigenvalue weighted by molar-refractivity contribution is 0.104. The van der Waals surface area contributed by atoms with E-state index in [1.807, 2.05) is 0 Å². The zero-order valence-corrected chi connectivity index (χ0v) is 9.42. The van der Waals surface area contributed by atoms with Gasteiger partial charge in [0.05, 0.1) is 6.61 Å². The van der Waals surface area contributed by atoms with E-state index in [1.165, 1.54) is 13.0 Å². The normalized spacial score (nSPS) is 25.3. The van der Waals surface area contributed by atoms with Crippen LogP contribution in [0.15, 0.2) is 0 Å². The minimum absolute atomic E-state index is 0.799. The Balaban J connectivity index is 1.68. The van der Waals surface area contributed by atoms with E-state index in [-0.39, 0.29) is 0 Å². The van der Waals surface area contributed by atoms with Gasteiger partial charge in [-0.15, -0.1) is 0 Å². The van der Waals surface area contributed by atoms with Gasteiger partial charge in [0.15, 0.2) is 0 Å². The second-order valence-corrected chi connectivity index (χ2v) is 4.14. The summed E-state index contributed by atoms with van der Waals surface area (Å²) in [6.45, 7) is 6.90. The molecule has 1 rings (SSSR count). The molecule has 0 spiro atoms. The highest BCUT2D eigenvalue weighted by Gasteiger charge is 2.31. The van der Waals surface area contributed by atoms with Gasteiger partial charge in [0, 0.05) is 26.9 Å². The van der Waals surface area contributed by atoms with E-state index in [0.717, 1.165) is 44.6 Å². The van der Waals surface area contributed by atoms with Crippen LogP contribution in [0.1, 0.15) is 19.8 Å². The van der Waals surface area contributed by atoms with E-state index in [1.54, 1.807) is 7.11 Å². The van der Waals surface area contributed by atoms with Crippen molar-refractivity contribution >= 4 is 0 Å². The third-order valence-corrected chi connectivity index (χ3v) is 2.74. The molecule has 1 aliphatic carbocycles. The van der Waals surface area contributed by atoms with E-state index in [9.17, 15) is 0 Å². The summed E-state index contributed by atoms with van der Waals surface area (Å²) in [6.07, 6.45) is 2.40.